The summed E-state index contributed by atoms with van der Waals surface area (Å²) in [6.45, 7) is 1.89. The quantitative estimate of drug-likeness (QED) is 0.813. The first-order chi connectivity index (χ1) is 14.6. The Balaban J connectivity index is 1.85. The van der Waals surface area contributed by atoms with E-state index in [0.717, 1.165) is 28.9 Å². The Kier molecular flexibility index (Phi) is 5.33. The third-order valence-electron chi connectivity index (χ3n) is 5.96. The maximum atomic E-state index is 13.4. The van der Waals surface area contributed by atoms with E-state index in [1.807, 2.05) is 43.3 Å². The maximum Gasteiger partial charge on any atom is 0.164 e. The first-order valence-electron chi connectivity index (χ1n) is 9.99. The fourth-order valence-electron chi connectivity index (χ4n) is 4.60. The second-order valence-electron chi connectivity index (χ2n) is 7.62. The van der Waals surface area contributed by atoms with Gasteiger partial charge >= 0.3 is 0 Å². The molecule has 1 aliphatic heterocycles. The second-order valence-corrected chi connectivity index (χ2v) is 7.62. The van der Waals surface area contributed by atoms with Crippen LogP contribution in [0.25, 0.3) is 0 Å². The molecule has 0 spiro atoms. The van der Waals surface area contributed by atoms with Gasteiger partial charge in [0, 0.05) is 29.0 Å². The highest BCUT2D eigenvalue weighted by atomic mass is 16.5. The first kappa shape index (κ1) is 19.8. The fraction of sp³-hybridized carbons (Fsp3) is 0.280. The number of dihydropyridines is 1. The van der Waals surface area contributed by atoms with Gasteiger partial charge in [-0.15, -0.1) is 0 Å². The van der Waals surface area contributed by atoms with Gasteiger partial charge in [0.05, 0.1) is 31.8 Å². The van der Waals surface area contributed by atoms with E-state index in [9.17, 15) is 10.1 Å². The molecule has 2 aliphatic rings. The molecule has 30 heavy (non-hydrogen) atoms. The lowest BCUT2D eigenvalue weighted by Crippen LogP contribution is -2.33. The number of ether oxygens (including phenoxy) is 2. The summed E-state index contributed by atoms with van der Waals surface area (Å²) in [5.74, 6) is 0.843. The van der Waals surface area contributed by atoms with E-state index in [-0.39, 0.29) is 11.7 Å². The van der Waals surface area contributed by atoms with Crippen LogP contribution in [0.2, 0.25) is 0 Å². The van der Waals surface area contributed by atoms with E-state index in [4.69, 9.17) is 9.47 Å². The lowest BCUT2D eigenvalue weighted by Gasteiger charge is -2.36. The van der Waals surface area contributed by atoms with Crippen LogP contribution >= 0.6 is 0 Å². The van der Waals surface area contributed by atoms with Crippen LogP contribution in [0.5, 0.6) is 11.5 Å². The van der Waals surface area contributed by atoms with Gasteiger partial charge in [0.15, 0.2) is 17.3 Å². The van der Waals surface area contributed by atoms with Crippen LogP contribution < -0.4 is 14.8 Å². The van der Waals surface area contributed by atoms with Crippen LogP contribution in [-0.4, -0.2) is 20.0 Å². The molecule has 2 atom stereocenters. The number of nitriles is 1. The summed E-state index contributed by atoms with van der Waals surface area (Å²) in [7, 11) is 3.16. The molecule has 0 saturated heterocycles. The topological polar surface area (TPSA) is 71.3 Å². The number of Topliss-reactive ketones (excluding diaryl/α,β-unsaturated/α-hetero) is 1. The molecule has 0 saturated carbocycles. The molecule has 0 bridgehead atoms. The minimum Gasteiger partial charge on any atom is -0.493 e. The SMILES string of the molecule is COc1cccc([C@H]2C(C#N)=C(C)NC3=C2C(=O)C[C@@H](c2ccccc2)C3)c1OC. The summed E-state index contributed by atoms with van der Waals surface area (Å²) in [6, 6.07) is 18.0. The molecule has 1 heterocycles. The maximum absolute atomic E-state index is 13.4. The number of carbonyl (C=O) groups excluding carboxylic acids is 1. The summed E-state index contributed by atoms with van der Waals surface area (Å²) in [5.41, 5.74) is 4.79. The van der Waals surface area contributed by atoms with Gasteiger partial charge in [-0.3, -0.25) is 4.79 Å². The van der Waals surface area contributed by atoms with Crippen LogP contribution in [0, 0.1) is 11.3 Å². The molecule has 0 aromatic heterocycles. The molecule has 2 aromatic carbocycles. The molecule has 5 heteroatoms. The number of benzene rings is 2. The summed E-state index contributed by atoms with van der Waals surface area (Å²) in [4.78, 5) is 13.4. The van der Waals surface area contributed by atoms with Crippen molar-refractivity contribution in [3.63, 3.8) is 0 Å². The van der Waals surface area contributed by atoms with Crippen molar-refractivity contribution >= 4 is 5.78 Å². The van der Waals surface area contributed by atoms with E-state index in [1.165, 1.54) is 0 Å². The molecular weight excluding hydrogens is 376 g/mol. The van der Waals surface area contributed by atoms with Crippen LogP contribution in [0.4, 0.5) is 0 Å². The zero-order chi connectivity index (χ0) is 21.3. The van der Waals surface area contributed by atoms with Gasteiger partial charge < -0.3 is 14.8 Å². The molecule has 152 valence electrons. The van der Waals surface area contributed by atoms with E-state index >= 15 is 0 Å². The largest absolute Gasteiger partial charge is 0.493 e. The Morgan fingerprint density at radius 1 is 1.03 bits per heavy atom. The van der Waals surface area contributed by atoms with Crippen LogP contribution in [-0.2, 0) is 4.79 Å². The van der Waals surface area contributed by atoms with Crippen LogP contribution in [0.1, 0.15) is 42.7 Å². The van der Waals surface area contributed by atoms with Gasteiger partial charge in [0.2, 0.25) is 0 Å². The van der Waals surface area contributed by atoms with Crippen molar-refractivity contribution in [3.05, 3.63) is 82.2 Å². The van der Waals surface area contributed by atoms with Gasteiger partial charge in [-0.05, 0) is 30.9 Å². The molecule has 0 radical (unpaired) electrons. The number of allylic oxidation sites excluding steroid dienone is 4. The Bertz CT molecular complexity index is 1090. The van der Waals surface area contributed by atoms with Crippen molar-refractivity contribution in [3.8, 4) is 17.6 Å². The number of para-hydroxylation sites is 1. The Morgan fingerprint density at radius 2 is 1.80 bits per heavy atom. The van der Waals surface area contributed by atoms with Gasteiger partial charge in [-0.25, -0.2) is 0 Å². The lowest BCUT2D eigenvalue weighted by molar-refractivity contribution is -0.116. The van der Waals surface area contributed by atoms with E-state index in [2.05, 4.69) is 23.5 Å². The predicted molar refractivity (Wildman–Crippen MR) is 114 cm³/mol. The molecule has 4 rings (SSSR count). The molecular formula is C25H24N2O3. The molecule has 0 unspecified atom stereocenters. The average molecular weight is 400 g/mol. The number of hydrogen-bond donors (Lipinski definition) is 1. The summed E-state index contributed by atoms with van der Waals surface area (Å²) >= 11 is 0. The third kappa shape index (κ3) is 3.25. The lowest BCUT2D eigenvalue weighted by atomic mass is 9.72. The number of ketones is 1. The zero-order valence-corrected chi connectivity index (χ0v) is 17.4. The van der Waals surface area contributed by atoms with E-state index in [1.54, 1.807) is 14.2 Å². The number of hydrogen-bond acceptors (Lipinski definition) is 5. The van der Waals surface area contributed by atoms with Crippen molar-refractivity contribution < 1.29 is 14.3 Å². The number of nitrogens with one attached hydrogen (secondary N) is 1. The highest BCUT2D eigenvalue weighted by molar-refractivity contribution is 6.00. The van der Waals surface area contributed by atoms with Gasteiger partial charge in [-0.2, -0.15) is 5.26 Å². The normalized spacial score (nSPS) is 20.9. The number of nitrogens with zero attached hydrogens (tertiary/aromatic N) is 1. The first-order valence-corrected chi connectivity index (χ1v) is 9.99. The van der Waals surface area contributed by atoms with Gasteiger partial charge in [0.25, 0.3) is 0 Å². The highest BCUT2D eigenvalue weighted by Gasteiger charge is 2.40. The summed E-state index contributed by atoms with van der Waals surface area (Å²) in [6.07, 6.45) is 1.15. The fourth-order valence-corrected chi connectivity index (χ4v) is 4.60. The summed E-state index contributed by atoms with van der Waals surface area (Å²) in [5, 5.41) is 13.3. The second kappa shape index (κ2) is 8.08. The highest BCUT2D eigenvalue weighted by Crippen LogP contribution is 2.48. The molecule has 0 fully saturated rings. The van der Waals surface area contributed by atoms with Gasteiger partial charge in [0.1, 0.15) is 0 Å². The molecule has 5 nitrogen and oxygen atoms in total. The molecule has 2 aromatic rings. The zero-order valence-electron chi connectivity index (χ0n) is 17.4. The van der Waals surface area contributed by atoms with Crippen molar-refractivity contribution in [2.75, 3.05) is 14.2 Å². The van der Waals surface area contributed by atoms with E-state index < -0.39 is 5.92 Å². The monoisotopic (exact) mass is 400 g/mol. The standard InChI is InChI=1S/C25H24N2O3/c1-15-19(14-26)23(18-10-7-11-22(29-2)25(18)30-3)24-20(27-15)12-17(13-21(24)28)16-8-5-4-6-9-16/h4-11,17,23,27H,12-13H2,1-3H3/t17-,23-/m0/s1. The minimum atomic E-state index is -0.472. The third-order valence-corrected chi connectivity index (χ3v) is 5.96. The van der Waals surface area contributed by atoms with Crippen LogP contribution in [0.3, 0.4) is 0 Å². The van der Waals surface area contributed by atoms with Gasteiger partial charge in [-0.1, -0.05) is 42.5 Å². The van der Waals surface area contributed by atoms with Crippen molar-refractivity contribution in [1.29, 1.82) is 5.26 Å². The Hall–Kier alpha value is -3.52. The van der Waals surface area contributed by atoms with Crippen LogP contribution in [0.15, 0.2) is 71.1 Å². The molecule has 1 N–H and O–H groups in total. The van der Waals surface area contributed by atoms with E-state index in [0.29, 0.717) is 29.1 Å². The van der Waals surface area contributed by atoms with Crippen molar-refractivity contribution in [2.45, 2.75) is 31.6 Å². The summed E-state index contributed by atoms with van der Waals surface area (Å²) < 4.78 is 11.1. The molecule has 1 aliphatic carbocycles. The van der Waals surface area contributed by atoms with Crippen molar-refractivity contribution in [2.24, 2.45) is 0 Å². The number of rotatable bonds is 4. The average Bonchev–Trinajstić information content (AvgIpc) is 2.77. The van der Waals surface area contributed by atoms with Crippen molar-refractivity contribution in [1.82, 2.24) is 5.32 Å². The Morgan fingerprint density at radius 3 is 2.47 bits per heavy atom. The number of carbonyl (C=O) groups is 1. The number of methoxy groups -OCH3 is 2. The smallest absolute Gasteiger partial charge is 0.164 e. The Labute approximate surface area is 176 Å². The predicted octanol–water partition coefficient (Wildman–Crippen LogP) is 4.59. The molecule has 0 amide bonds. The minimum absolute atomic E-state index is 0.0627.